The molecule has 2 aliphatic rings. The van der Waals surface area contributed by atoms with Crippen LogP contribution in [0.5, 0.6) is 0 Å². The van der Waals surface area contributed by atoms with Gasteiger partial charge in [0.1, 0.15) is 11.6 Å². The SMILES string of the molecule is CC(C)(C)C1CCC(c2nc(N)c3c(n2)CCCC3)CC1. The first-order valence-corrected chi connectivity index (χ1v) is 8.60. The van der Waals surface area contributed by atoms with Crippen molar-refractivity contribution >= 4 is 5.82 Å². The van der Waals surface area contributed by atoms with Gasteiger partial charge in [-0.15, -0.1) is 0 Å². The molecule has 0 atom stereocenters. The molecule has 3 heteroatoms. The van der Waals surface area contributed by atoms with E-state index in [1.54, 1.807) is 0 Å². The predicted molar refractivity (Wildman–Crippen MR) is 87.2 cm³/mol. The van der Waals surface area contributed by atoms with Crippen molar-refractivity contribution in [2.45, 2.75) is 78.1 Å². The van der Waals surface area contributed by atoms with Crippen LogP contribution in [-0.4, -0.2) is 9.97 Å². The minimum absolute atomic E-state index is 0.431. The molecule has 0 aliphatic heterocycles. The van der Waals surface area contributed by atoms with Gasteiger partial charge in [-0.25, -0.2) is 9.97 Å². The average molecular weight is 287 g/mol. The highest BCUT2D eigenvalue weighted by Crippen LogP contribution is 2.42. The molecule has 2 aliphatic carbocycles. The Kier molecular flexibility index (Phi) is 3.94. The molecule has 1 fully saturated rings. The molecule has 0 radical (unpaired) electrons. The summed E-state index contributed by atoms with van der Waals surface area (Å²) in [5, 5.41) is 0. The van der Waals surface area contributed by atoms with E-state index < -0.39 is 0 Å². The molecule has 0 amide bonds. The molecule has 1 aromatic rings. The largest absolute Gasteiger partial charge is 0.383 e. The Hall–Kier alpha value is -1.12. The van der Waals surface area contributed by atoms with Crippen molar-refractivity contribution in [2.24, 2.45) is 11.3 Å². The lowest BCUT2D eigenvalue weighted by Crippen LogP contribution is -2.26. The zero-order chi connectivity index (χ0) is 15.0. The van der Waals surface area contributed by atoms with Crippen LogP contribution in [0.3, 0.4) is 0 Å². The zero-order valence-corrected chi connectivity index (χ0v) is 13.8. The van der Waals surface area contributed by atoms with Crippen molar-refractivity contribution in [3.63, 3.8) is 0 Å². The number of nitrogen functional groups attached to an aromatic ring is 1. The van der Waals surface area contributed by atoms with Gasteiger partial charge in [-0.2, -0.15) is 0 Å². The number of hydrogen-bond acceptors (Lipinski definition) is 3. The molecular formula is C18H29N3. The summed E-state index contributed by atoms with van der Waals surface area (Å²) in [5.74, 6) is 3.15. The maximum Gasteiger partial charge on any atom is 0.134 e. The Morgan fingerprint density at radius 1 is 0.952 bits per heavy atom. The van der Waals surface area contributed by atoms with Crippen molar-refractivity contribution in [3.8, 4) is 0 Å². The molecule has 1 saturated carbocycles. The summed E-state index contributed by atoms with van der Waals surface area (Å²) in [5.41, 5.74) is 9.09. The second-order valence-corrected chi connectivity index (χ2v) is 8.01. The van der Waals surface area contributed by atoms with Crippen LogP contribution in [0.25, 0.3) is 0 Å². The van der Waals surface area contributed by atoms with E-state index in [1.165, 1.54) is 49.8 Å². The maximum absolute atomic E-state index is 6.19. The highest BCUT2D eigenvalue weighted by molar-refractivity contribution is 5.43. The second kappa shape index (κ2) is 5.58. The summed E-state index contributed by atoms with van der Waals surface area (Å²) >= 11 is 0. The van der Waals surface area contributed by atoms with Gasteiger partial charge in [0.05, 0.1) is 0 Å². The number of anilines is 1. The monoisotopic (exact) mass is 287 g/mol. The number of rotatable bonds is 1. The van der Waals surface area contributed by atoms with E-state index in [2.05, 4.69) is 25.8 Å². The van der Waals surface area contributed by atoms with E-state index in [0.29, 0.717) is 11.3 Å². The van der Waals surface area contributed by atoms with Gasteiger partial charge in [-0.3, -0.25) is 0 Å². The number of aryl methyl sites for hydroxylation is 1. The number of nitrogens with zero attached hydrogens (tertiary/aromatic N) is 2. The van der Waals surface area contributed by atoms with E-state index in [9.17, 15) is 0 Å². The average Bonchev–Trinajstić information content (AvgIpc) is 2.46. The lowest BCUT2D eigenvalue weighted by atomic mass is 9.69. The quantitative estimate of drug-likeness (QED) is 0.839. The summed E-state index contributed by atoms with van der Waals surface area (Å²) in [7, 11) is 0. The summed E-state index contributed by atoms with van der Waals surface area (Å²) < 4.78 is 0. The highest BCUT2D eigenvalue weighted by atomic mass is 15.0. The van der Waals surface area contributed by atoms with Gasteiger partial charge >= 0.3 is 0 Å². The Morgan fingerprint density at radius 3 is 2.29 bits per heavy atom. The van der Waals surface area contributed by atoms with E-state index in [0.717, 1.165) is 30.4 Å². The van der Waals surface area contributed by atoms with E-state index >= 15 is 0 Å². The van der Waals surface area contributed by atoms with Crippen molar-refractivity contribution in [1.82, 2.24) is 9.97 Å². The van der Waals surface area contributed by atoms with Crippen molar-refractivity contribution in [3.05, 3.63) is 17.1 Å². The Labute approximate surface area is 128 Å². The number of fused-ring (bicyclic) bond motifs is 1. The van der Waals surface area contributed by atoms with E-state index in [4.69, 9.17) is 10.7 Å². The fourth-order valence-corrected chi connectivity index (χ4v) is 4.04. The molecule has 0 unspecified atom stereocenters. The van der Waals surface area contributed by atoms with Crippen LogP contribution in [0.2, 0.25) is 0 Å². The van der Waals surface area contributed by atoms with Crippen LogP contribution in [0, 0.1) is 11.3 Å². The molecule has 0 aromatic carbocycles. The van der Waals surface area contributed by atoms with Crippen LogP contribution in [0.4, 0.5) is 5.82 Å². The molecule has 0 bridgehead atoms. The first-order valence-electron chi connectivity index (χ1n) is 8.60. The fraction of sp³-hybridized carbons (Fsp3) is 0.778. The highest BCUT2D eigenvalue weighted by Gasteiger charge is 2.31. The molecule has 2 N–H and O–H groups in total. The molecule has 1 aromatic heterocycles. The molecular weight excluding hydrogens is 258 g/mol. The minimum atomic E-state index is 0.431. The van der Waals surface area contributed by atoms with Crippen LogP contribution >= 0.6 is 0 Å². The Morgan fingerprint density at radius 2 is 1.62 bits per heavy atom. The lowest BCUT2D eigenvalue weighted by Gasteiger charge is -2.36. The van der Waals surface area contributed by atoms with Gasteiger partial charge in [0, 0.05) is 17.2 Å². The molecule has 3 rings (SSSR count). The first kappa shape index (κ1) is 14.8. The van der Waals surface area contributed by atoms with Gasteiger partial charge in [0.2, 0.25) is 0 Å². The summed E-state index contributed by atoms with van der Waals surface area (Å²) in [6.45, 7) is 7.10. The number of nitrogens with two attached hydrogens (primary N) is 1. The predicted octanol–water partition coefficient (Wildman–Crippen LogP) is 4.26. The normalized spacial score (nSPS) is 26.4. The van der Waals surface area contributed by atoms with Crippen molar-refractivity contribution < 1.29 is 0 Å². The first-order chi connectivity index (χ1) is 9.95. The standard InChI is InChI=1S/C18H29N3/c1-18(2,3)13-10-8-12(9-11-13)17-20-15-7-5-4-6-14(15)16(19)21-17/h12-13H,4-11H2,1-3H3,(H2,19,20,21). The smallest absolute Gasteiger partial charge is 0.134 e. The third-order valence-electron chi connectivity index (χ3n) is 5.55. The fourth-order valence-electron chi connectivity index (χ4n) is 4.04. The van der Waals surface area contributed by atoms with Crippen molar-refractivity contribution in [2.75, 3.05) is 5.73 Å². The minimum Gasteiger partial charge on any atom is -0.383 e. The lowest BCUT2D eigenvalue weighted by molar-refractivity contribution is 0.167. The van der Waals surface area contributed by atoms with Gasteiger partial charge in [-0.1, -0.05) is 20.8 Å². The molecule has 0 saturated heterocycles. The summed E-state index contributed by atoms with van der Waals surface area (Å²) in [4.78, 5) is 9.56. The molecule has 21 heavy (non-hydrogen) atoms. The molecule has 0 spiro atoms. The van der Waals surface area contributed by atoms with Gasteiger partial charge in [0.25, 0.3) is 0 Å². The van der Waals surface area contributed by atoms with E-state index in [1.807, 2.05) is 0 Å². The van der Waals surface area contributed by atoms with Crippen molar-refractivity contribution in [1.29, 1.82) is 0 Å². The number of aromatic nitrogens is 2. The Bertz CT molecular complexity index is 508. The topological polar surface area (TPSA) is 51.8 Å². The third kappa shape index (κ3) is 3.07. The van der Waals surface area contributed by atoms with Gasteiger partial charge < -0.3 is 5.73 Å². The van der Waals surface area contributed by atoms with Gasteiger partial charge in [-0.05, 0) is 62.7 Å². The van der Waals surface area contributed by atoms with Gasteiger partial charge in [0.15, 0.2) is 0 Å². The second-order valence-electron chi connectivity index (χ2n) is 8.01. The summed E-state index contributed by atoms with van der Waals surface area (Å²) in [6.07, 6.45) is 9.68. The molecule has 116 valence electrons. The molecule has 3 nitrogen and oxygen atoms in total. The van der Waals surface area contributed by atoms with Crippen LogP contribution in [0.1, 0.15) is 82.3 Å². The third-order valence-corrected chi connectivity index (χ3v) is 5.55. The van der Waals surface area contributed by atoms with E-state index in [-0.39, 0.29) is 0 Å². The van der Waals surface area contributed by atoms with Crippen LogP contribution in [0.15, 0.2) is 0 Å². The molecule has 1 heterocycles. The zero-order valence-electron chi connectivity index (χ0n) is 13.8. The van der Waals surface area contributed by atoms with Crippen LogP contribution in [-0.2, 0) is 12.8 Å². The van der Waals surface area contributed by atoms with Crippen LogP contribution < -0.4 is 5.73 Å². The maximum atomic E-state index is 6.19. The summed E-state index contributed by atoms with van der Waals surface area (Å²) in [6, 6.07) is 0. The number of hydrogen-bond donors (Lipinski definition) is 1. The Balaban J connectivity index is 1.75.